The maximum atomic E-state index is 11.9. The number of amides is 1. The Kier molecular flexibility index (Phi) is 4.83. The van der Waals surface area contributed by atoms with E-state index in [1.807, 2.05) is 54.6 Å². The lowest BCUT2D eigenvalue weighted by Gasteiger charge is -2.02. The third-order valence-corrected chi connectivity index (χ3v) is 4.02. The van der Waals surface area contributed by atoms with Gasteiger partial charge in [-0.1, -0.05) is 70.5 Å². The molecule has 3 rings (SSSR count). The van der Waals surface area contributed by atoms with Gasteiger partial charge in [0.05, 0.1) is 12.6 Å². The van der Waals surface area contributed by atoms with E-state index in [1.165, 1.54) is 0 Å². The minimum absolute atomic E-state index is 0.135. The zero-order chi connectivity index (χ0) is 16.1. The van der Waals surface area contributed by atoms with E-state index in [0.717, 1.165) is 26.4 Å². The van der Waals surface area contributed by atoms with Crippen molar-refractivity contribution in [1.29, 1.82) is 0 Å². The molecule has 0 aromatic heterocycles. The molecule has 0 aliphatic rings. The van der Waals surface area contributed by atoms with Crippen LogP contribution in [0.1, 0.15) is 11.1 Å². The summed E-state index contributed by atoms with van der Waals surface area (Å²) in [5.74, 6) is -0.135. The first-order valence-corrected chi connectivity index (χ1v) is 8.06. The van der Waals surface area contributed by atoms with Crippen molar-refractivity contribution in [1.82, 2.24) is 5.43 Å². The molecule has 0 aliphatic carbocycles. The standard InChI is InChI=1S/C19H15BrN2O/c20-17-10-8-14(9-11-17)12-19(23)22-21-13-16-6-3-5-15-4-1-2-7-18(15)16/h1-11,13H,12H2,(H,22,23). The normalized spacial score (nSPS) is 11.0. The SMILES string of the molecule is O=C(Cc1ccc(Br)cc1)NN=Cc1cccc2ccccc12. The average Bonchev–Trinajstić information content (AvgIpc) is 2.57. The molecule has 0 unspecified atom stereocenters. The molecule has 0 aliphatic heterocycles. The lowest BCUT2D eigenvalue weighted by atomic mass is 10.1. The number of rotatable bonds is 4. The quantitative estimate of drug-likeness (QED) is 0.542. The summed E-state index contributed by atoms with van der Waals surface area (Å²) in [7, 11) is 0. The van der Waals surface area contributed by atoms with Gasteiger partial charge in [0.2, 0.25) is 5.91 Å². The van der Waals surface area contributed by atoms with Crippen molar-refractivity contribution in [3.63, 3.8) is 0 Å². The van der Waals surface area contributed by atoms with Crippen LogP contribution < -0.4 is 5.43 Å². The molecule has 3 aromatic carbocycles. The van der Waals surface area contributed by atoms with Gasteiger partial charge in [-0.2, -0.15) is 5.10 Å². The second-order valence-corrected chi connectivity index (χ2v) is 6.08. The summed E-state index contributed by atoms with van der Waals surface area (Å²) in [5.41, 5.74) is 4.51. The fraction of sp³-hybridized carbons (Fsp3) is 0.0526. The Bertz CT molecular complexity index is 851. The Morgan fingerprint density at radius 2 is 1.74 bits per heavy atom. The molecular weight excluding hydrogens is 352 g/mol. The number of nitrogens with zero attached hydrogens (tertiary/aromatic N) is 1. The molecule has 1 amide bonds. The van der Waals surface area contributed by atoms with Crippen LogP contribution in [0.4, 0.5) is 0 Å². The number of carbonyl (C=O) groups excluding carboxylic acids is 1. The largest absolute Gasteiger partial charge is 0.273 e. The van der Waals surface area contributed by atoms with Gasteiger partial charge in [-0.3, -0.25) is 4.79 Å². The van der Waals surface area contributed by atoms with E-state index >= 15 is 0 Å². The average molecular weight is 367 g/mol. The fourth-order valence-electron chi connectivity index (χ4n) is 2.36. The fourth-order valence-corrected chi connectivity index (χ4v) is 2.63. The number of carbonyl (C=O) groups is 1. The minimum Gasteiger partial charge on any atom is -0.273 e. The van der Waals surface area contributed by atoms with Crippen LogP contribution in [0.5, 0.6) is 0 Å². The number of halogens is 1. The molecule has 3 nitrogen and oxygen atoms in total. The third kappa shape index (κ3) is 4.05. The smallest absolute Gasteiger partial charge is 0.244 e. The van der Waals surface area contributed by atoms with E-state index in [2.05, 4.69) is 38.6 Å². The number of fused-ring (bicyclic) bond motifs is 1. The maximum Gasteiger partial charge on any atom is 0.244 e. The van der Waals surface area contributed by atoms with Crippen molar-refractivity contribution >= 4 is 38.8 Å². The van der Waals surface area contributed by atoms with Crippen molar-refractivity contribution in [3.05, 3.63) is 82.3 Å². The van der Waals surface area contributed by atoms with E-state index in [1.54, 1.807) is 6.21 Å². The Labute approximate surface area is 143 Å². The molecule has 0 bridgehead atoms. The molecule has 0 fully saturated rings. The molecule has 3 aromatic rings. The molecular formula is C19H15BrN2O. The number of benzene rings is 3. The molecule has 0 atom stereocenters. The summed E-state index contributed by atoms with van der Waals surface area (Å²) >= 11 is 3.38. The van der Waals surface area contributed by atoms with Gasteiger partial charge in [0.1, 0.15) is 0 Å². The van der Waals surface area contributed by atoms with Gasteiger partial charge in [0.15, 0.2) is 0 Å². The minimum atomic E-state index is -0.135. The van der Waals surface area contributed by atoms with Crippen molar-refractivity contribution in [2.75, 3.05) is 0 Å². The van der Waals surface area contributed by atoms with Gasteiger partial charge in [0, 0.05) is 10.0 Å². The van der Waals surface area contributed by atoms with Crippen molar-refractivity contribution in [2.45, 2.75) is 6.42 Å². The van der Waals surface area contributed by atoms with E-state index in [0.29, 0.717) is 6.42 Å². The van der Waals surface area contributed by atoms with E-state index in [9.17, 15) is 4.79 Å². The summed E-state index contributed by atoms with van der Waals surface area (Å²) in [6.45, 7) is 0. The van der Waals surface area contributed by atoms with Gasteiger partial charge in [-0.25, -0.2) is 5.43 Å². The van der Waals surface area contributed by atoms with Gasteiger partial charge in [-0.05, 0) is 28.5 Å². The Morgan fingerprint density at radius 1 is 1.00 bits per heavy atom. The molecule has 1 N–H and O–H groups in total. The summed E-state index contributed by atoms with van der Waals surface area (Å²) in [6.07, 6.45) is 1.99. The Hall–Kier alpha value is -2.46. The van der Waals surface area contributed by atoms with Gasteiger partial charge in [0.25, 0.3) is 0 Å². The summed E-state index contributed by atoms with van der Waals surface area (Å²) < 4.78 is 0.996. The molecule has 0 saturated carbocycles. The van der Waals surface area contributed by atoms with Crippen LogP contribution in [0.25, 0.3) is 10.8 Å². The molecule has 23 heavy (non-hydrogen) atoms. The lowest BCUT2D eigenvalue weighted by Crippen LogP contribution is -2.19. The van der Waals surface area contributed by atoms with Crippen LogP contribution >= 0.6 is 15.9 Å². The monoisotopic (exact) mass is 366 g/mol. The first kappa shape index (κ1) is 15.4. The zero-order valence-corrected chi connectivity index (χ0v) is 14.0. The predicted molar refractivity (Wildman–Crippen MR) is 97.5 cm³/mol. The number of hydrogen-bond acceptors (Lipinski definition) is 2. The van der Waals surface area contributed by atoms with Crippen LogP contribution in [-0.2, 0) is 11.2 Å². The van der Waals surface area contributed by atoms with Crippen molar-refractivity contribution in [2.24, 2.45) is 5.10 Å². The summed E-state index contributed by atoms with van der Waals surface area (Å²) in [6, 6.07) is 21.8. The third-order valence-electron chi connectivity index (χ3n) is 3.49. The predicted octanol–water partition coefficient (Wildman–Crippen LogP) is 4.30. The Morgan fingerprint density at radius 3 is 2.57 bits per heavy atom. The summed E-state index contributed by atoms with van der Waals surface area (Å²) in [5, 5.41) is 6.33. The van der Waals surface area contributed by atoms with Gasteiger partial charge >= 0.3 is 0 Å². The zero-order valence-electron chi connectivity index (χ0n) is 12.4. The Balaban J connectivity index is 1.66. The molecule has 0 radical (unpaired) electrons. The maximum absolute atomic E-state index is 11.9. The van der Waals surface area contributed by atoms with Crippen LogP contribution in [-0.4, -0.2) is 12.1 Å². The van der Waals surface area contributed by atoms with E-state index < -0.39 is 0 Å². The highest BCUT2D eigenvalue weighted by Gasteiger charge is 2.02. The number of hydrogen-bond donors (Lipinski definition) is 1. The van der Waals surface area contributed by atoms with Crippen LogP contribution in [0.15, 0.2) is 76.3 Å². The second-order valence-electron chi connectivity index (χ2n) is 5.16. The van der Waals surface area contributed by atoms with Crippen LogP contribution in [0.3, 0.4) is 0 Å². The second kappa shape index (κ2) is 7.20. The van der Waals surface area contributed by atoms with E-state index in [-0.39, 0.29) is 5.91 Å². The highest BCUT2D eigenvalue weighted by molar-refractivity contribution is 9.10. The molecule has 0 spiro atoms. The lowest BCUT2D eigenvalue weighted by molar-refractivity contribution is -0.120. The highest BCUT2D eigenvalue weighted by Crippen LogP contribution is 2.16. The highest BCUT2D eigenvalue weighted by atomic mass is 79.9. The molecule has 4 heteroatoms. The van der Waals surface area contributed by atoms with Crippen LogP contribution in [0, 0.1) is 0 Å². The topological polar surface area (TPSA) is 41.5 Å². The van der Waals surface area contributed by atoms with Crippen molar-refractivity contribution < 1.29 is 4.79 Å². The number of nitrogens with one attached hydrogen (secondary N) is 1. The molecule has 0 saturated heterocycles. The van der Waals surface area contributed by atoms with Gasteiger partial charge in [-0.15, -0.1) is 0 Å². The summed E-state index contributed by atoms with van der Waals surface area (Å²) in [4.78, 5) is 11.9. The first-order valence-electron chi connectivity index (χ1n) is 7.26. The molecule has 114 valence electrons. The van der Waals surface area contributed by atoms with Gasteiger partial charge < -0.3 is 0 Å². The van der Waals surface area contributed by atoms with E-state index in [4.69, 9.17) is 0 Å². The molecule has 0 heterocycles. The number of hydrazone groups is 1. The van der Waals surface area contributed by atoms with Crippen molar-refractivity contribution in [3.8, 4) is 0 Å². The first-order chi connectivity index (χ1) is 11.2. The van der Waals surface area contributed by atoms with Crippen LogP contribution in [0.2, 0.25) is 0 Å².